The fourth-order valence-corrected chi connectivity index (χ4v) is 5.84. The second-order valence-corrected chi connectivity index (χ2v) is 11.9. The van der Waals surface area contributed by atoms with Gasteiger partial charge in [0, 0.05) is 22.7 Å². The molecule has 0 aliphatic heterocycles. The Bertz CT molecular complexity index is 1790. The Morgan fingerprint density at radius 3 is 1.16 bits per heavy atom. The number of hydrogen-bond donors (Lipinski definition) is 0. The van der Waals surface area contributed by atoms with Crippen LogP contribution in [-0.2, 0) is 0 Å². The summed E-state index contributed by atoms with van der Waals surface area (Å²) in [5.74, 6) is 0. The van der Waals surface area contributed by atoms with Crippen LogP contribution in [0.5, 0.6) is 0 Å². The lowest BCUT2D eigenvalue weighted by atomic mass is 10.1. The van der Waals surface area contributed by atoms with E-state index >= 15 is 0 Å². The zero-order valence-electron chi connectivity index (χ0n) is 26.3. The van der Waals surface area contributed by atoms with Gasteiger partial charge in [0.2, 0.25) is 0 Å². The summed E-state index contributed by atoms with van der Waals surface area (Å²) >= 11 is 0. The Hall–Kier alpha value is -5.42. The first kappa shape index (κ1) is 28.4. The smallest absolute Gasteiger partial charge is 0.139 e. The average Bonchev–Trinajstić information content (AvgIpc) is 3.52. The molecule has 5 nitrogen and oxygen atoms in total. The van der Waals surface area contributed by atoms with Gasteiger partial charge < -0.3 is 9.80 Å². The van der Waals surface area contributed by atoms with Crippen LogP contribution in [0.15, 0.2) is 127 Å². The molecule has 0 spiro atoms. The summed E-state index contributed by atoms with van der Waals surface area (Å²) in [6.07, 6.45) is 8.28. The number of rotatable bonds is 7. The SMILES string of the molecule is Cc1ccc(N(c2ccc(C)cc2)c2ccc(N(c3ccc(C)cc3)c3ccc(C)cc3)c3nn(C4=CC=CCC4)nc23)cc1. The molecule has 45 heavy (non-hydrogen) atoms. The number of nitrogens with zero attached hydrogens (tertiary/aromatic N) is 5. The summed E-state index contributed by atoms with van der Waals surface area (Å²) in [5, 5.41) is 10.5. The summed E-state index contributed by atoms with van der Waals surface area (Å²) < 4.78 is 0. The monoisotopic (exact) mass is 587 g/mol. The maximum atomic E-state index is 5.24. The molecule has 0 amide bonds. The third kappa shape index (κ3) is 5.65. The molecule has 5 heteroatoms. The number of allylic oxidation sites excluding steroid dienone is 4. The Labute approximate surface area is 265 Å². The van der Waals surface area contributed by atoms with Crippen LogP contribution in [0.25, 0.3) is 16.7 Å². The molecule has 6 aromatic rings. The van der Waals surface area contributed by atoms with Crippen LogP contribution in [0.4, 0.5) is 34.1 Å². The first-order valence-electron chi connectivity index (χ1n) is 15.6. The van der Waals surface area contributed by atoms with Crippen molar-refractivity contribution >= 4 is 50.9 Å². The molecule has 1 heterocycles. The molecule has 0 saturated heterocycles. The molecule has 0 atom stereocenters. The third-order valence-electron chi connectivity index (χ3n) is 8.40. The summed E-state index contributed by atoms with van der Waals surface area (Å²) in [6, 6.07) is 39.1. The molecule has 1 aromatic heterocycles. The largest absolute Gasteiger partial charge is 0.308 e. The van der Waals surface area contributed by atoms with Gasteiger partial charge in [0.25, 0.3) is 0 Å². The van der Waals surface area contributed by atoms with Crippen LogP contribution < -0.4 is 9.80 Å². The van der Waals surface area contributed by atoms with Gasteiger partial charge in [-0.2, -0.15) is 4.80 Å². The van der Waals surface area contributed by atoms with E-state index < -0.39 is 0 Å². The quantitative estimate of drug-likeness (QED) is 0.186. The highest BCUT2D eigenvalue weighted by Gasteiger charge is 2.25. The summed E-state index contributed by atoms with van der Waals surface area (Å²) in [4.78, 5) is 6.43. The molecule has 0 bridgehead atoms. The second kappa shape index (κ2) is 11.9. The van der Waals surface area contributed by atoms with Gasteiger partial charge in [-0.1, -0.05) is 82.9 Å². The molecular formula is C40H37N5. The van der Waals surface area contributed by atoms with E-state index in [1.54, 1.807) is 0 Å². The molecule has 5 aromatic carbocycles. The van der Waals surface area contributed by atoms with Crippen molar-refractivity contribution in [1.29, 1.82) is 0 Å². The van der Waals surface area contributed by atoms with Gasteiger partial charge in [-0.15, -0.1) is 10.2 Å². The van der Waals surface area contributed by atoms with Gasteiger partial charge in [-0.25, -0.2) is 0 Å². The highest BCUT2D eigenvalue weighted by molar-refractivity contribution is 6.03. The van der Waals surface area contributed by atoms with Gasteiger partial charge in [0.1, 0.15) is 11.0 Å². The van der Waals surface area contributed by atoms with E-state index in [-0.39, 0.29) is 0 Å². The zero-order valence-corrected chi connectivity index (χ0v) is 26.3. The van der Waals surface area contributed by atoms with E-state index in [4.69, 9.17) is 10.2 Å². The van der Waals surface area contributed by atoms with Crippen molar-refractivity contribution in [3.63, 3.8) is 0 Å². The van der Waals surface area contributed by atoms with Crippen molar-refractivity contribution in [3.05, 3.63) is 150 Å². The molecular weight excluding hydrogens is 550 g/mol. The van der Waals surface area contributed by atoms with E-state index in [0.29, 0.717) is 0 Å². The van der Waals surface area contributed by atoms with E-state index in [2.05, 4.69) is 165 Å². The van der Waals surface area contributed by atoms with Gasteiger partial charge in [-0.3, -0.25) is 0 Å². The molecule has 7 rings (SSSR count). The lowest BCUT2D eigenvalue weighted by Gasteiger charge is -2.29. The van der Waals surface area contributed by atoms with Gasteiger partial charge in [-0.05, 0) is 107 Å². The lowest BCUT2D eigenvalue weighted by molar-refractivity contribution is 0.746. The van der Waals surface area contributed by atoms with Gasteiger partial charge >= 0.3 is 0 Å². The Morgan fingerprint density at radius 2 is 0.844 bits per heavy atom. The molecule has 1 aliphatic carbocycles. The number of anilines is 6. The first-order valence-corrected chi connectivity index (χ1v) is 15.6. The number of benzene rings is 5. The van der Waals surface area contributed by atoms with E-state index in [9.17, 15) is 0 Å². The lowest BCUT2D eigenvalue weighted by Crippen LogP contribution is -2.13. The fourth-order valence-electron chi connectivity index (χ4n) is 5.84. The normalized spacial score (nSPS) is 12.8. The van der Waals surface area contributed by atoms with Crippen LogP contribution in [0.2, 0.25) is 0 Å². The third-order valence-corrected chi connectivity index (χ3v) is 8.40. The maximum absolute atomic E-state index is 5.24. The fraction of sp³-hybridized carbons (Fsp3) is 0.150. The summed E-state index contributed by atoms with van der Waals surface area (Å²) in [5.41, 5.74) is 13.9. The summed E-state index contributed by atoms with van der Waals surface area (Å²) in [7, 11) is 0. The Kier molecular flexibility index (Phi) is 7.52. The van der Waals surface area contributed by atoms with Crippen molar-refractivity contribution in [3.8, 4) is 0 Å². The van der Waals surface area contributed by atoms with Crippen molar-refractivity contribution in [2.75, 3.05) is 9.80 Å². The zero-order chi connectivity index (χ0) is 30.9. The standard InChI is InChI=1S/C40H37N5/c1-28-10-18-32(19-11-28)43(33-20-12-29(2)13-21-33)37-26-27-38(40-39(37)41-45(42-40)36-8-6-5-7-9-36)44(34-22-14-30(3)15-23-34)35-24-16-31(4)17-25-35/h5-6,8,10-27H,7,9H2,1-4H3. The minimum atomic E-state index is 0.841. The van der Waals surface area contributed by atoms with Crippen LogP contribution in [0.1, 0.15) is 35.1 Å². The highest BCUT2D eigenvalue weighted by Crippen LogP contribution is 2.44. The highest BCUT2D eigenvalue weighted by atomic mass is 15.5. The molecule has 1 aliphatic rings. The molecule has 0 fully saturated rings. The van der Waals surface area contributed by atoms with Crippen molar-refractivity contribution in [2.45, 2.75) is 40.5 Å². The Morgan fingerprint density at radius 1 is 0.489 bits per heavy atom. The molecule has 0 saturated carbocycles. The minimum absolute atomic E-state index is 0.841. The molecule has 222 valence electrons. The number of aryl methyl sites for hydroxylation is 4. The molecule has 0 N–H and O–H groups in total. The van der Waals surface area contributed by atoms with Crippen molar-refractivity contribution in [1.82, 2.24) is 15.0 Å². The Balaban J connectivity index is 1.50. The predicted molar refractivity (Wildman–Crippen MR) is 188 cm³/mol. The van der Waals surface area contributed by atoms with Gasteiger partial charge in [0.05, 0.1) is 17.1 Å². The van der Waals surface area contributed by atoms with Crippen LogP contribution in [-0.4, -0.2) is 15.0 Å². The van der Waals surface area contributed by atoms with Crippen LogP contribution >= 0.6 is 0 Å². The van der Waals surface area contributed by atoms with E-state index in [0.717, 1.165) is 63.7 Å². The molecule has 0 radical (unpaired) electrons. The first-order chi connectivity index (χ1) is 21.9. The number of aromatic nitrogens is 3. The topological polar surface area (TPSA) is 37.2 Å². The summed E-state index contributed by atoms with van der Waals surface area (Å²) in [6.45, 7) is 8.48. The predicted octanol–water partition coefficient (Wildman–Crippen LogP) is 10.8. The van der Waals surface area contributed by atoms with Crippen LogP contribution in [0.3, 0.4) is 0 Å². The van der Waals surface area contributed by atoms with E-state index in [1.807, 2.05) is 4.80 Å². The van der Waals surface area contributed by atoms with Crippen LogP contribution in [0, 0.1) is 27.7 Å². The minimum Gasteiger partial charge on any atom is -0.308 e. The van der Waals surface area contributed by atoms with Crippen molar-refractivity contribution < 1.29 is 0 Å². The molecule has 0 unspecified atom stereocenters. The number of hydrogen-bond acceptors (Lipinski definition) is 4. The average molecular weight is 588 g/mol. The second-order valence-electron chi connectivity index (χ2n) is 11.9. The maximum Gasteiger partial charge on any atom is 0.139 e. The van der Waals surface area contributed by atoms with E-state index in [1.165, 1.54) is 22.3 Å². The number of fused-ring (bicyclic) bond motifs is 1. The van der Waals surface area contributed by atoms with Crippen molar-refractivity contribution in [2.24, 2.45) is 0 Å². The van der Waals surface area contributed by atoms with Gasteiger partial charge in [0.15, 0.2) is 0 Å².